The van der Waals surface area contributed by atoms with E-state index in [1.807, 2.05) is 26.2 Å². The summed E-state index contributed by atoms with van der Waals surface area (Å²) in [6.45, 7) is 5.24. The van der Waals surface area contributed by atoms with Gasteiger partial charge in [-0.25, -0.2) is 9.97 Å². The number of hydrogen-bond donors (Lipinski definition) is 0. The lowest BCUT2D eigenvalue weighted by Gasteiger charge is -2.13. The molecule has 5 heteroatoms. The summed E-state index contributed by atoms with van der Waals surface area (Å²) in [5.74, 6) is 1.73. The number of benzene rings is 1. The fourth-order valence-electron chi connectivity index (χ4n) is 1.91. The molecule has 4 nitrogen and oxygen atoms in total. The summed E-state index contributed by atoms with van der Waals surface area (Å²) in [4.78, 5) is 8.08. The first-order chi connectivity index (χ1) is 9.74. The zero-order valence-corrected chi connectivity index (χ0v) is 13.8. The summed E-state index contributed by atoms with van der Waals surface area (Å²) < 4.78 is 12.4. The molecule has 0 bridgehead atoms. The maximum atomic E-state index is 5.68. The van der Waals surface area contributed by atoms with Gasteiger partial charge < -0.3 is 9.47 Å². The highest BCUT2D eigenvalue weighted by Gasteiger charge is 2.11. The Balaban J connectivity index is 2.32. The monoisotopic (exact) mass is 384 g/mol. The van der Waals surface area contributed by atoms with Crippen LogP contribution in [0.3, 0.4) is 0 Å². The van der Waals surface area contributed by atoms with E-state index in [9.17, 15) is 0 Å². The van der Waals surface area contributed by atoms with E-state index in [1.165, 1.54) is 6.33 Å². The van der Waals surface area contributed by atoms with E-state index in [0.717, 1.165) is 32.6 Å². The Morgan fingerprint density at radius 3 is 2.00 bits per heavy atom. The molecule has 106 valence electrons. The van der Waals surface area contributed by atoms with Crippen LogP contribution in [0, 0.1) is 3.57 Å². The van der Waals surface area contributed by atoms with Crippen LogP contribution >= 0.6 is 22.6 Å². The van der Waals surface area contributed by atoms with E-state index < -0.39 is 0 Å². The van der Waals surface area contributed by atoms with E-state index in [0.29, 0.717) is 13.2 Å². The first kappa shape index (κ1) is 15.0. The molecule has 1 aromatic heterocycles. The van der Waals surface area contributed by atoms with Gasteiger partial charge >= 0.3 is 0 Å². The Kier molecular flexibility index (Phi) is 5.58. The van der Waals surface area contributed by atoms with E-state index in [4.69, 9.17) is 9.47 Å². The normalized spacial score (nSPS) is 10.3. The van der Waals surface area contributed by atoms with Crippen LogP contribution in [0.25, 0.3) is 0 Å². The highest BCUT2D eigenvalue weighted by Crippen LogP contribution is 2.33. The molecule has 0 atom stereocenters. The van der Waals surface area contributed by atoms with Crippen molar-refractivity contribution in [1.82, 2.24) is 9.97 Å². The molecule has 0 N–H and O–H groups in total. The van der Waals surface area contributed by atoms with Crippen molar-refractivity contribution in [2.24, 2.45) is 0 Å². The molecule has 2 rings (SSSR count). The molecule has 0 aliphatic heterocycles. The number of nitrogens with zero attached hydrogens (tertiary/aromatic N) is 2. The Bertz CT molecular complexity index is 534. The van der Waals surface area contributed by atoms with E-state index in [-0.39, 0.29) is 0 Å². The third-order valence-corrected chi connectivity index (χ3v) is 3.75. The number of halogens is 1. The molecule has 0 fully saturated rings. The molecule has 20 heavy (non-hydrogen) atoms. The molecule has 0 spiro atoms. The largest absolute Gasteiger partial charge is 0.493 e. The van der Waals surface area contributed by atoms with Crippen LogP contribution in [0.2, 0.25) is 0 Å². The lowest BCUT2D eigenvalue weighted by atomic mass is 10.1. The average molecular weight is 384 g/mol. The third kappa shape index (κ3) is 3.82. The molecule has 0 saturated carbocycles. The molecule has 0 unspecified atom stereocenters. The number of rotatable bonds is 6. The summed E-state index contributed by atoms with van der Waals surface area (Å²) in [6, 6.07) is 4.11. The molecule has 0 aliphatic rings. The number of hydrogen-bond acceptors (Lipinski definition) is 4. The predicted octanol–water partition coefficient (Wildman–Crippen LogP) is 3.47. The Morgan fingerprint density at radius 1 is 0.950 bits per heavy atom. The van der Waals surface area contributed by atoms with Crippen LogP contribution in [0.5, 0.6) is 11.5 Å². The second-order valence-electron chi connectivity index (χ2n) is 4.20. The Labute approximate surface area is 132 Å². The molecular formula is C15H17IN2O2. The summed E-state index contributed by atoms with van der Waals surface area (Å²) >= 11 is 2.26. The topological polar surface area (TPSA) is 44.2 Å². The second-order valence-corrected chi connectivity index (χ2v) is 5.27. The molecule has 2 aromatic rings. The van der Waals surface area contributed by atoms with Crippen LogP contribution in [-0.4, -0.2) is 23.2 Å². The average Bonchev–Trinajstić information content (AvgIpc) is 2.45. The molecule has 0 radical (unpaired) electrons. The molecule has 1 aromatic carbocycles. The van der Waals surface area contributed by atoms with Gasteiger partial charge in [0.1, 0.15) is 17.8 Å². The number of ether oxygens (including phenoxy) is 2. The molecule has 0 aliphatic carbocycles. The van der Waals surface area contributed by atoms with Gasteiger partial charge in [-0.05, 0) is 59.7 Å². The van der Waals surface area contributed by atoms with Crippen molar-refractivity contribution in [3.05, 3.63) is 45.6 Å². The summed E-state index contributed by atoms with van der Waals surface area (Å²) in [7, 11) is 0. The number of aromatic nitrogens is 2. The molecule has 1 heterocycles. The fraction of sp³-hybridized carbons (Fsp3) is 0.333. The van der Waals surface area contributed by atoms with Crippen molar-refractivity contribution < 1.29 is 9.47 Å². The van der Waals surface area contributed by atoms with Gasteiger partial charge in [0.05, 0.1) is 16.8 Å². The molecular weight excluding hydrogens is 367 g/mol. The van der Waals surface area contributed by atoms with Gasteiger partial charge in [-0.15, -0.1) is 0 Å². The van der Waals surface area contributed by atoms with E-state index >= 15 is 0 Å². The van der Waals surface area contributed by atoms with Crippen LogP contribution in [-0.2, 0) is 6.42 Å². The Hall–Kier alpha value is -1.37. The summed E-state index contributed by atoms with van der Waals surface area (Å²) in [5.41, 5.74) is 2.20. The Morgan fingerprint density at radius 2 is 1.50 bits per heavy atom. The van der Waals surface area contributed by atoms with Crippen LogP contribution < -0.4 is 9.47 Å². The minimum atomic E-state index is 0.638. The van der Waals surface area contributed by atoms with Gasteiger partial charge in [-0.3, -0.25) is 0 Å². The van der Waals surface area contributed by atoms with Crippen LogP contribution in [0.4, 0.5) is 0 Å². The van der Waals surface area contributed by atoms with Crippen molar-refractivity contribution >= 4 is 22.6 Å². The van der Waals surface area contributed by atoms with Gasteiger partial charge in [0.2, 0.25) is 0 Å². The highest BCUT2D eigenvalue weighted by atomic mass is 127. The lowest BCUT2D eigenvalue weighted by Crippen LogP contribution is -2.01. The molecule has 0 saturated heterocycles. The minimum absolute atomic E-state index is 0.638. The smallest absolute Gasteiger partial charge is 0.136 e. The van der Waals surface area contributed by atoms with Crippen molar-refractivity contribution in [2.45, 2.75) is 20.3 Å². The summed E-state index contributed by atoms with van der Waals surface area (Å²) in [6.07, 6.45) is 5.95. The van der Waals surface area contributed by atoms with Crippen molar-refractivity contribution in [3.63, 3.8) is 0 Å². The quantitative estimate of drug-likeness (QED) is 0.716. The van der Waals surface area contributed by atoms with E-state index in [1.54, 1.807) is 0 Å². The van der Waals surface area contributed by atoms with Gasteiger partial charge in [0.15, 0.2) is 0 Å². The minimum Gasteiger partial charge on any atom is -0.493 e. The van der Waals surface area contributed by atoms with Crippen molar-refractivity contribution in [3.8, 4) is 11.5 Å². The van der Waals surface area contributed by atoms with Gasteiger partial charge in [-0.1, -0.05) is 0 Å². The maximum absolute atomic E-state index is 5.68. The van der Waals surface area contributed by atoms with Gasteiger partial charge in [0.25, 0.3) is 0 Å². The first-order valence-electron chi connectivity index (χ1n) is 6.56. The van der Waals surface area contributed by atoms with Crippen molar-refractivity contribution in [2.75, 3.05) is 13.2 Å². The summed E-state index contributed by atoms with van der Waals surface area (Å²) in [5, 5.41) is 0. The molecule has 0 amide bonds. The highest BCUT2D eigenvalue weighted by molar-refractivity contribution is 14.1. The van der Waals surface area contributed by atoms with Crippen LogP contribution in [0.1, 0.15) is 25.0 Å². The fourth-order valence-corrected chi connectivity index (χ4v) is 2.53. The SMILES string of the molecule is CCOc1cc(Cc2cncnc2)cc(OCC)c1I. The second kappa shape index (κ2) is 7.42. The van der Waals surface area contributed by atoms with Gasteiger partial charge in [0, 0.05) is 18.8 Å². The zero-order chi connectivity index (χ0) is 14.4. The van der Waals surface area contributed by atoms with Gasteiger partial charge in [-0.2, -0.15) is 0 Å². The first-order valence-corrected chi connectivity index (χ1v) is 7.64. The predicted molar refractivity (Wildman–Crippen MR) is 86.3 cm³/mol. The third-order valence-electron chi connectivity index (χ3n) is 2.69. The standard InChI is InChI=1S/C15H17IN2O2/c1-3-19-13-6-11(5-12-8-17-10-18-9-12)7-14(15(13)16)20-4-2/h6-10H,3-5H2,1-2H3. The van der Waals surface area contributed by atoms with Crippen LogP contribution in [0.15, 0.2) is 30.9 Å². The lowest BCUT2D eigenvalue weighted by molar-refractivity contribution is 0.318. The maximum Gasteiger partial charge on any atom is 0.136 e. The van der Waals surface area contributed by atoms with Crippen molar-refractivity contribution in [1.29, 1.82) is 0 Å². The zero-order valence-electron chi connectivity index (χ0n) is 11.6. The van der Waals surface area contributed by atoms with E-state index in [2.05, 4.69) is 44.7 Å².